The minimum Gasteiger partial charge on any atom is -0.507 e. The summed E-state index contributed by atoms with van der Waals surface area (Å²) in [4.78, 5) is 8.84. The molecule has 0 fully saturated rings. The molecule has 0 amide bonds. The van der Waals surface area contributed by atoms with E-state index in [0.29, 0.717) is 22.6 Å². The van der Waals surface area contributed by atoms with Crippen molar-refractivity contribution < 1.29 is 14.9 Å². The molecule has 164 valence electrons. The molecule has 2 N–H and O–H groups in total. The Bertz CT molecular complexity index is 1210. The predicted octanol–water partition coefficient (Wildman–Crippen LogP) is 7.01. The van der Waals surface area contributed by atoms with Gasteiger partial charge in [0.2, 0.25) is 0 Å². The van der Waals surface area contributed by atoms with E-state index in [-0.39, 0.29) is 11.5 Å². The van der Waals surface area contributed by atoms with Gasteiger partial charge in [-0.2, -0.15) is 0 Å². The number of nitrogens with zero attached hydrogens (tertiary/aromatic N) is 2. The molecule has 0 atom stereocenters. The van der Waals surface area contributed by atoms with Crippen LogP contribution in [0.2, 0.25) is 0 Å². The maximum Gasteiger partial charge on any atom is 0.127 e. The fourth-order valence-electron chi connectivity index (χ4n) is 3.20. The first-order valence-corrected chi connectivity index (χ1v) is 10.5. The first-order valence-electron chi connectivity index (χ1n) is 10.5. The standard InChI is InChI=1S/C28H24N2O3/c1-19-5-3-7-21(27(19)31)17-29-23-9-13-25(14-10-23)33-26-15-11-24(12-16-26)30-18-22-8-4-6-20(2)28(22)32/h3-18,31-32H,1-2H3. The molecule has 0 aliphatic heterocycles. The van der Waals surface area contributed by atoms with Crippen LogP contribution in [0.1, 0.15) is 22.3 Å². The molecule has 0 spiro atoms. The number of benzene rings is 4. The van der Waals surface area contributed by atoms with Gasteiger partial charge >= 0.3 is 0 Å². The Labute approximate surface area is 193 Å². The quantitative estimate of drug-likeness (QED) is 0.319. The van der Waals surface area contributed by atoms with Gasteiger partial charge in [0.1, 0.15) is 23.0 Å². The van der Waals surface area contributed by atoms with Crippen molar-refractivity contribution in [3.05, 3.63) is 107 Å². The lowest BCUT2D eigenvalue weighted by atomic mass is 10.1. The second-order valence-electron chi connectivity index (χ2n) is 7.63. The van der Waals surface area contributed by atoms with Crippen LogP contribution in [0.4, 0.5) is 11.4 Å². The largest absolute Gasteiger partial charge is 0.507 e. The van der Waals surface area contributed by atoms with Crippen LogP contribution < -0.4 is 4.74 Å². The maximum atomic E-state index is 10.1. The van der Waals surface area contributed by atoms with Gasteiger partial charge in [-0.05, 0) is 85.6 Å². The van der Waals surface area contributed by atoms with Crippen molar-refractivity contribution in [1.29, 1.82) is 0 Å². The van der Waals surface area contributed by atoms with Crippen LogP contribution in [0, 0.1) is 13.8 Å². The predicted molar refractivity (Wildman–Crippen MR) is 133 cm³/mol. The van der Waals surface area contributed by atoms with Crippen molar-refractivity contribution in [2.45, 2.75) is 13.8 Å². The Morgan fingerprint density at radius 1 is 0.576 bits per heavy atom. The van der Waals surface area contributed by atoms with E-state index in [0.717, 1.165) is 22.5 Å². The minimum absolute atomic E-state index is 0.240. The van der Waals surface area contributed by atoms with Crippen molar-refractivity contribution in [3.63, 3.8) is 0 Å². The Balaban J connectivity index is 1.39. The lowest BCUT2D eigenvalue weighted by Gasteiger charge is -2.06. The van der Waals surface area contributed by atoms with Gasteiger partial charge in [-0.1, -0.05) is 24.3 Å². The third-order valence-electron chi connectivity index (χ3n) is 5.15. The van der Waals surface area contributed by atoms with E-state index >= 15 is 0 Å². The molecule has 33 heavy (non-hydrogen) atoms. The summed E-state index contributed by atoms with van der Waals surface area (Å²) >= 11 is 0. The van der Waals surface area contributed by atoms with Gasteiger partial charge < -0.3 is 14.9 Å². The zero-order valence-corrected chi connectivity index (χ0v) is 18.4. The molecule has 0 saturated carbocycles. The molecule has 0 aliphatic rings. The van der Waals surface area contributed by atoms with Crippen molar-refractivity contribution in [2.75, 3.05) is 0 Å². The highest BCUT2D eigenvalue weighted by Gasteiger charge is 2.03. The molecule has 4 aromatic carbocycles. The number of aliphatic imine (C=N–C) groups is 2. The van der Waals surface area contributed by atoms with Crippen LogP contribution >= 0.6 is 0 Å². The number of aryl methyl sites for hydroxylation is 2. The Kier molecular flexibility index (Phi) is 6.51. The third kappa shape index (κ3) is 5.46. The molecule has 5 heteroatoms. The van der Waals surface area contributed by atoms with Crippen LogP contribution in [0.5, 0.6) is 23.0 Å². The Morgan fingerprint density at radius 3 is 1.36 bits per heavy atom. The third-order valence-corrected chi connectivity index (χ3v) is 5.15. The van der Waals surface area contributed by atoms with Crippen molar-refractivity contribution in [2.24, 2.45) is 9.98 Å². The van der Waals surface area contributed by atoms with E-state index in [1.54, 1.807) is 12.4 Å². The highest BCUT2D eigenvalue weighted by atomic mass is 16.5. The van der Waals surface area contributed by atoms with Crippen LogP contribution in [0.15, 0.2) is 94.9 Å². The minimum atomic E-state index is 0.240. The molecule has 0 radical (unpaired) electrons. The van der Waals surface area contributed by atoms with Crippen LogP contribution in [0.3, 0.4) is 0 Å². The molecular weight excluding hydrogens is 412 g/mol. The first kappa shape index (κ1) is 21.8. The van der Waals surface area contributed by atoms with Gasteiger partial charge in [0.25, 0.3) is 0 Å². The lowest BCUT2D eigenvalue weighted by Crippen LogP contribution is -1.85. The average molecular weight is 437 g/mol. The molecule has 5 nitrogen and oxygen atoms in total. The number of para-hydroxylation sites is 2. The molecule has 4 rings (SSSR count). The second-order valence-corrected chi connectivity index (χ2v) is 7.63. The summed E-state index contributed by atoms with van der Waals surface area (Å²) < 4.78 is 5.90. The van der Waals surface area contributed by atoms with Gasteiger partial charge in [0.05, 0.1) is 11.4 Å². The van der Waals surface area contributed by atoms with E-state index in [1.807, 2.05) is 98.8 Å². The summed E-state index contributed by atoms with van der Waals surface area (Å²) in [5, 5.41) is 20.2. The SMILES string of the molecule is Cc1cccc(C=Nc2ccc(Oc3ccc(N=Cc4cccc(C)c4O)cc3)cc2)c1O. The normalized spacial score (nSPS) is 11.3. The summed E-state index contributed by atoms with van der Waals surface area (Å²) in [5.41, 5.74) is 4.49. The molecule has 0 aromatic heterocycles. The smallest absolute Gasteiger partial charge is 0.127 e. The Hall–Kier alpha value is -4.38. The van der Waals surface area contributed by atoms with Crippen molar-refractivity contribution >= 4 is 23.8 Å². The number of ether oxygens (including phenoxy) is 1. The van der Waals surface area contributed by atoms with E-state index in [2.05, 4.69) is 9.98 Å². The number of phenols is 2. The molecule has 0 aliphatic carbocycles. The summed E-state index contributed by atoms with van der Waals surface area (Å²) in [5.74, 6) is 1.86. The van der Waals surface area contributed by atoms with E-state index in [1.165, 1.54) is 0 Å². The first-order chi connectivity index (χ1) is 16.0. The lowest BCUT2D eigenvalue weighted by molar-refractivity contribution is 0.470. The number of rotatable bonds is 6. The van der Waals surface area contributed by atoms with Crippen LogP contribution in [-0.4, -0.2) is 22.6 Å². The molecular formula is C28H24N2O3. The second kappa shape index (κ2) is 9.83. The van der Waals surface area contributed by atoms with E-state index in [4.69, 9.17) is 4.74 Å². The fraction of sp³-hybridized carbons (Fsp3) is 0.0714. The van der Waals surface area contributed by atoms with Gasteiger partial charge in [0, 0.05) is 23.6 Å². The topological polar surface area (TPSA) is 74.4 Å². The summed E-state index contributed by atoms with van der Waals surface area (Å²) in [6.07, 6.45) is 3.29. The summed E-state index contributed by atoms with van der Waals surface area (Å²) in [6, 6.07) is 25.9. The maximum absolute atomic E-state index is 10.1. The molecule has 4 aromatic rings. The highest BCUT2D eigenvalue weighted by molar-refractivity contribution is 5.86. The molecule has 0 bridgehead atoms. The van der Waals surface area contributed by atoms with Crippen LogP contribution in [0.25, 0.3) is 0 Å². The van der Waals surface area contributed by atoms with Crippen molar-refractivity contribution in [1.82, 2.24) is 0 Å². The van der Waals surface area contributed by atoms with E-state index in [9.17, 15) is 10.2 Å². The van der Waals surface area contributed by atoms with E-state index < -0.39 is 0 Å². The zero-order chi connectivity index (χ0) is 23.2. The zero-order valence-electron chi connectivity index (χ0n) is 18.4. The molecule has 0 heterocycles. The number of phenolic OH excluding ortho intramolecular Hbond substituents is 2. The summed E-state index contributed by atoms with van der Waals surface area (Å²) in [7, 11) is 0. The average Bonchev–Trinajstić information content (AvgIpc) is 2.83. The van der Waals surface area contributed by atoms with Gasteiger partial charge in [0.15, 0.2) is 0 Å². The number of aromatic hydroxyl groups is 2. The van der Waals surface area contributed by atoms with Crippen LogP contribution in [-0.2, 0) is 0 Å². The monoisotopic (exact) mass is 436 g/mol. The van der Waals surface area contributed by atoms with Crippen molar-refractivity contribution in [3.8, 4) is 23.0 Å². The number of hydrogen-bond acceptors (Lipinski definition) is 5. The molecule has 0 saturated heterocycles. The van der Waals surface area contributed by atoms with Gasteiger partial charge in [-0.25, -0.2) is 0 Å². The Morgan fingerprint density at radius 2 is 0.970 bits per heavy atom. The van der Waals surface area contributed by atoms with Gasteiger partial charge in [-0.3, -0.25) is 9.98 Å². The number of hydrogen-bond donors (Lipinski definition) is 2. The highest BCUT2D eigenvalue weighted by Crippen LogP contribution is 2.27. The van der Waals surface area contributed by atoms with Gasteiger partial charge in [-0.15, -0.1) is 0 Å². The molecule has 0 unspecified atom stereocenters. The summed E-state index contributed by atoms with van der Waals surface area (Å²) in [6.45, 7) is 3.71. The fourth-order valence-corrected chi connectivity index (χ4v) is 3.20.